The van der Waals surface area contributed by atoms with Crippen molar-refractivity contribution < 1.29 is 0 Å². The van der Waals surface area contributed by atoms with Gasteiger partial charge in [0.15, 0.2) is 0 Å². The van der Waals surface area contributed by atoms with E-state index < -0.39 is 5.41 Å². The first-order chi connectivity index (χ1) is 25.2. The van der Waals surface area contributed by atoms with E-state index in [9.17, 15) is 0 Å². The molecular weight excluding hydrogens is 682 g/mol. The second-order valence-corrected chi connectivity index (χ2v) is 14.2. The number of benzene rings is 8. The van der Waals surface area contributed by atoms with Crippen LogP contribution in [0.5, 0.6) is 0 Å². The maximum Gasteiger partial charge on any atom is 0.0715 e. The molecule has 0 bridgehead atoms. The summed E-state index contributed by atoms with van der Waals surface area (Å²) in [6.45, 7) is 0. The Bertz CT molecular complexity index is 2660. The van der Waals surface area contributed by atoms with Crippen LogP contribution in [-0.4, -0.2) is 4.57 Å². The second kappa shape index (κ2) is 11.8. The first-order valence-electron chi connectivity index (χ1n) is 17.5. The van der Waals surface area contributed by atoms with Crippen molar-refractivity contribution in [2.75, 3.05) is 0 Å². The van der Waals surface area contributed by atoms with Crippen molar-refractivity contribution >= 4 is 37.7 Å². The zero-order valence-electron chi connectivity index (χ0n) is 27.8. The van der Waals surface area contributed by atoms with E-state index in [-0.39, 0.29) is 0 Å². The molecule has 0 N–H and O–H groups in total. The summed E-state index contributed by atoms with van der Waals surface area (Å²) >= 11 is 4.19. The summed E-state index contributed by atoms with van der Waals surface area (Å²) in [5, 5.41) is 2.47. The maximum atomic E-state index is 4.19. The molecule has 51 heavy (non-hydrogen) atoms. The molecule has 0 radical (unpaired) electrons. The minimum Gasteiger partial charge on any atom is -0.309 e. The summed E-state index contributed by atoms with van der Waals surface area (Å²) in [6.07, 6.45) is 0. The Morgan fingerprint density at radius 1 is 0.431 bits per heavy atom. The van der Waals surface area contributed by atoms with Crippen molar-refractivity contribution in [3.8, 4) is 39.1 Å². The molecule has 1 nitrogen and oxygen atoms in total. The van der Waals surface area contributed by atoms with Gasteiger partial charge in [0.2, 0.25) is 0 Å². The molecule has 240 valence electrons. The third-order valence-electron chi connectivity index (χ3n) is 10.7. The van der Waals surface area contributed by atoms with E-state index in [2.05, 4.69) is 215 Å². The zero-order valence-corrected chi connectivity index (χ0v) is 29.4. The number of aromatic nitrogens is 1. The zero-order chi connectivity index (χ0) is 33.9. The highest BCUT2D eigenvalue weighted by atomic mass is 79.9. The molecule has 0 atom stereocenters. The molecule has 10 rings (SSSR count). The number of hydrogen-bond donors (Lipinski definition) is 0. The minimum atomic E-state index is -0.601. The van der Waals surface area contributed by atoms with Gasteiger partial charge in [-0.05, 0) is 86.5 Å². The van der Waals surface area contributed by atoms with Crippen LogP contribution in [0.2, 0.25) is 0 Å². The summed E-state index contributed by atoms with van der Waals surface area (Å²) < 4.78 is 3.57. The van der Waals surface area contributed by atoms with Crippen LogP contribution in [0.25, 0.3) is 60.9 Å². The molecule has 0 amide bonds. The first-order valence-corrected chi connectivity index (χ1v) is 18.3. The first kappa shape index (κ1) is 29.9. The summed E-state index contributed by atoms with van der Waals surface area (Å²) in [4.78, 5) is 0. The molecule has 9 aromatic rings. The molecule has 0 unspecified atom stereocenters. The van der Waals surface area contributed by atoms with Gasteiger partial charge < -0.3 is 4.57 Å². The lowest BCUT2D eigenvalue weighted by Crippen LogP contribution is -2.28. The molecule has 0 fully saturated rings. The second-order valence-electron chi connectivity index (χ2n) is 13.4. The predicted molar refractivity (Wildman–Crippen MR) is 217 cm³/mol. The molecule has 8 aromatic carbocycles. The standard InChI is InChI=1S/C49H32BrN/c50-44-32-43-46(48-47(44)41-27-11-13-29-45(41)51(48)39-24-8-3-9-25-39)40-26-10-12-28-42(40)49(43,37-22-14-20-35(30-37)33-16-4-1-5-17-33)38-23-15-21-36(31-38)34-18-6-2-7-19-34/h1-32H. The van der Waals surface area contributed by atoms with E-state index in [0.29, 0.717) is 0 Å². The van der Waals surface area contributed by atoms with E-state index >= 15 is 0 Å². The third-order valence-corrected chi connectivity index (χ3v) is 11.3. The highest BCUT2D eigenvalue weighted by molar-refractivity contribution is 9.10. The number of nitrogens with zero attached hydrogens (tertiary/aromatic N) is 1. The number of fused-ring (bicyclic) bond motifs is 7. The number of halogens is 1. The molecule has 1 heterocycles. The Hall–Kier alpha value is -5.96. The number of rotatable bonds is 5. The van der Waals surface area contributed by atoms with Gasteiger partial charge in [0.1, 0.15) is 0 Å². The van der Waals surface area contributed by atoms with Crippen molar-refractivity contribution in [1.29, 1.82) is 0 Å². The van der Waals surface area contributed by atoms with Crippen LogP contribution in [0, 0.1) is 0 Å². The van der Waals surface area contributed by atoms with Gasteiger partial charge >= 0.3 is 0 Å². The molecule has 0 spiro atoms. The summed E-state index contributed by atoms with van der Waals surface area (Å²) in [6, 6.07) is 71.1. The molecule has 1 aliphatic rings. The normalized spacial score (nSPS) is 13.0. The largest absolute Gasteiger partial charge is 0.309 e. The summed E-state index contributed by atoms with van der Waals surface area (Å²) in [5.74, 6) is 0. The Labute approximate surface area is 306 Å². The maximum absolute atomic E-state index is 4.19. The smallest absolute Gasteiger partial charge is 0.0715 e. The fourth-order valence-corrected chi connectivity index (χ4v) is 9.25. The number of para-hydroxylation sites is 2. The lowest BCUT2D eigenvalue weighted by molar-refractivity contribution is 0.769. The topological polar surface area (TPSA) is 4.93 Å². The van der Waals surface area contributed by atoms with Gasteiger partial charge in [-0.25, -0.2) is 0 Å². The monoisotopic (exact) mass is 713 g/mol. The molecule has 2 heteroatoms. The molecule has 0 saturated carbocycles. The third kappa shape index (κ3) is 4.46. The molecule has 1 aliphatic carbocycles. The van der Waals surface area contributed by atoms with Crippen LogP contribution in [0.1, 0.15) is 22.3 Å². The lowest BCUT2D eigenvalue weighted by atomic mass is 9.67. The SMILES string of the molecule is Brc1cc2c(c3c1c1ccccc1n3-c1ccccc1)-c1ccccc1C2(c1cccc(-c2ccccc2)c1)c1cccc(-c2ccccc2)c1. The van der Waals surface area contributed by atoms with Crippen molar-refractivity contribution in [3.63, 3.8) is 0 Å². The van der Waals surface area contributed by atoms with E-state index in [1.165, 1.54) is 77.4 Å². The fourth-order valence-electron chi connectivity index (χ4n) is 8.62. The van der Waals surface area contributed by atoms with Gasteiger partial charge in [-0.1, -0.05) is 174 Å². The van der Waals surface area contributed by atoms with Gasteiger partial charge in [0.05, 0.1) is 16.4 Å². The molecule has 0 saturated heterocycles. The summed E-state index contributed by atoms with van der Waals surface area (Å²) in [5.41, 5.74) is 15.4. The Kier molecular flexibility index (Phi) is 6.94. The Balaban J connectivity index is 1.39. The van der Waals surface area contributed by atoms with Gasteiger partial charge in [0.25, 0.3) is 0 Å². The van der Waals surface area contributed by atoms with Gasteiger partial charge in [0, 0.05) is 26.5 Å². The predicted octanol–water partition coefficient (Wildman–Crippen LogP) is 13.2. The fraction of sp³-hybridized carbons (Fsp3) is 0.0204. The average molecular weight is 715 g/mol. The molecular formula is C49H32BrN. The van der Waals surface area contributed by atoms with Crippen molar-refractivity contribution in [2.45, 2.75) is 5.41 Å². The Morgan fingerprint density at radius 2 is 0.961 bits per heavy atom. The minimum absolute atomic E-state index is 0.601. The van der Waals surface area contributed by atoms with Crippen LogP contribution in [-0.2, 0) is 5.41 Å². The van der Waals surface area contributed by atoms with E-state index in [0.717, 1.165) is 10.2 Å². The average Bonchev–Trinajstić information content (AvgIpc) is 3.70. The highest BCUT2D eigenvalue weighted by Gasteiger charge is 2.48. The van der Waals surface area contributed by atoms with Crippen LogP contribution in [0.15, 0.2) is 199 Å². The Morgan fingerprint density at radius 3 is 1.61 bits per heavy atom. The van der Waals surface area contributed by atoms with Crippen LogP contribution < -0.4 is 0 Å². The quantitative estimate of drug-likeness (QED) is 0.167. The lowest BCUT2D eigenvalue weighted by Gasteiger charge is -2.34. The van der Waals surface area contributed by atoms with Crippen molar-refractivity contribution in [1.82, 2.24) is 4.57 Å². The van der Waals surface area contributed by atoms with E-state index in [1.807, 2.05) is 0 Å². The van der Waals surface area contributed by atoms with Gasteiger partial charge in [-0.3, -0.25) is 0 Å². The summed E-state index contributed by atoms with van der Waals surface area (Å²) in [7, 11) is 0. The van der Waals surface area contributed by atoms with Gasteiger partial charge in [-0.2, -0.15) is 0 Å². The van der Waals surface area contributed by atoms with Gasteiger partial charge in [-0.15, -0.1) is 0 Å². The molecule has 1 aromatic heterocycles. The van der Waals surface area contributed by atoms with Crippen LogP contribution >= 0.6 is 15.9 Å². The van der Waals surface area contributed by atoms with Crippen LogP contribution in [0.4, 0.5) is 0 Å². The van der Waals surface area contributed by atoms with Crippen LogP contribution in [0.3, 0.4) is 0 Å². The van der Waals surface area contributed by atoms with Crippen molar-refractivity contribution in [2.24, 2.45) is 0 Å². The molecule has 0 aliphatic heterocycles. The van der Waals surface area contributed by atoms with Crippen molar-refractivity contribution in [3.05, 3.63) is 221 Å². The number of hydrogen-bond acceptors (Lipinski definition) is 0. The van der Waals surface area contributed by atoms with E-state index in [4.69, 9.17) is 0 Å². The van der Waals surface area contributed by atoms with E-state index in [1.54, 1.807) is 0 Å². The highest BCUT2D eigenvalue weighted by Crippen LogP contribution is 2.60.